The summed E-state index contributed by atoms with van der Waals surface area (Å²) in [5.41, 5.74) is 2.70. The van der Waals surface area contributed by atoms with Gasteiger partial charge in [-0.25, -0.2) is 9.97 Å². The van der Waals surface area contributed by atoms with E-state index in [-0.39, 0.29) is 11.5 Å². The second-order valence-corrected chi connectivity index (χ2v) is 7.53. The van der Waals surface area contributed by atoms with Gasteiger partial charge in [0.25, 0.3) is 11.5 Å². The molecule has 0 aliphatic carbocycles. The van der Waals surface area contributed by atoms with Crippen molar-refractivity contribution in [2.24, 2.45) is 5.92 Å². The van der Waals surface area contributed by atoms with Gasteiger partial charge in [0.2, 0.25) is 0 Å². The standard InChI is InChI=1S/C19H21N5O2/c1-11-21-17-14(5-6-20-19(17)26)18(22-11)23-8-12-7-13(10-23)15-3-2-4-16(25)24(15)9-12/h2-4,12-13H,5-10H2,1H3,(H,20,26)/t12-,13+/m0/s1. The van der Waals surface area contributed by atoms with Crippen molar-refractivity contribution in [3.63, 3.8) is 0 Å². The fourth-order valence-corrected chi connectivity index (χ4v) is 4.71. The minimum absolute atomic E-state index is 0.0950. The number of pyridine rings is 1. The number of piperidine rings is 1. The number of amides is 1. The van der Waals surface area contributed by atoms with Crippen LogP contribution in [0.15, 0.2) is 23.0 Å². The molecule has 2 bridgehead atoms. The smallest absolute Gasteiger partial charge is 0.270 e. The highest BCUT2D eigenvalue weighted by Crippen LogP contribution is 2.37. The van der Waals surface area contributed by atoms with Gasteiger partial charge in [0.05, 0.1) is 0 Å². The fraction of sp³-hybridized carbons (Fsp3) is 0.474. The Balaban J connectivity index is 1.56. The highest BCUT2D eigenvalue weighted by Gasteiger charge is 2.36. The van der Waals surface area contributed by atoms with Gasteiger partial charge in [-0.1, -0.05) is 6.07 Å². The van der Waals surface area contributed by atoms with Gasteiger partial charge in [-0.2, -0.15) is 0 Å². The minimum Gasteiger partial charge on any atom is -0.355 e. The zero-order valence-electron chi connectivity index (χ0n) is 14.7. The van der Waals surface area contributed by atoms with Crippen LogP contribution in [-0.4, -0.2) is 40.1 Å². The maximum absolute atomic E-state index is 12.2. The van der Waals surface area contributed by atoms with E-state index < -0.39 is 0 Å². The summed E-state index contributed by atoms with van der Waals surface area (Å²) in [7, 11) is 0. The summed E-state index contributed by atoms with van der Waals surface area (Å²) in [6.07, 6.45) is 1.87. The summed E-state index contributed by atoms with van der Waals surface area (Å²) in [6, 6.07) is 5.57. The Morgan fingerprint density at radius 2 is 2.04 bits per heavy atom. The number of fused-ring (bicyclic) bond motifs is 5. The average molecular weight is 351 g/mol. The van der Waals surface area contributed by atoms with Crippen molar-refractivity contribution in [2.45, 2.75) is 32.2 Å². The summed E-state index contributed by atoms with van der Waals surface area (Å²) in [5.74, 6) is 2.17. The lowest BCUT2D eigenvalue weighted by Crippen LogP contribution is -2.48. The van der Waals surface area contributed by atoms with Crippen LogP contribution >= 0.6 is 0 Å². The van der Waals surface area contributed by atoms with E-state index in [2.05, 4.69) is 21.3 Å². The van der Waals surface area contributed by atoms with E-state index in [0.29, 0.717) is 29.9 Å². The van der Waals surface area contributed by atoms with Gasteiger partial charge in [-0.15, -0.1) is 0 Å². The molecule has 7 heteroatoms. The van der Waals surface area contributed by atoms with Gasteiger partial charge in [0.1, 0.15) is 17.3 Å². The maximum Gasteiger partial charge on any atom is 0.270 e. The van der Waals surface area contributed by atoms with Crippen molar-refractivity contribution >= 4 is 11.7 Å². The molecule has 3 aliphatic heterocycles. The molecule has 134 valence electrons. The number of anilines is 1. The molecule has 0 saturated carbocycles. The molecule has 0 unspecified atom stereocenters. The monoisotopic (exact) mass is 351 g/mol. The van der Waals surface area contributed by atoms with Crippen LogP contribution in [0.2, 0.25) is 0 Å². The number of rotatable bonds is 1. The predicted molar refractivity (Wildman–Crippen MR) is 96.6 cm³/mol. The summed E-state index contributed by atoms with van der Waals surface area (Å²) in [4.78, 5) is 35.8. The number of nitrogens with zero attached hydrogens (tertiary/aromatic N) is 4. The molecule has 0 radical (unpaired) electrons. The molecule has 7 nitrogen and oxygen atoms in total. The molecular weight excluding hydrogens is 330 g/mol. The molecule has 1 amide bonds. The number of aromatic nitrogens is 3. The molecule has 1 saturated heterocycles. The predicted octanol–water partition coefficient (Wildman–Crippen LogP) is 0.856. The molecule has 5 rings (SSSR count). The van der Waals surface area contributed by atoms with Gasteiger partial charge < -0.3 is 14.8 Å². The van der Waals surface area contributed by atoms with Crippen molar-refractivity contribution in [1.29, 1.82) is 0 Å². The molecular formula is C19H21N5O2. The first-order valence-electron chi connectivity index (χ1n) is 9.20. The van der Waals surface area contributed by atoms with E-state index >= 15 is 0 Å². The topological polar surface area (TPSA) is 80.1 Å². The average Bonchev–Trinajstić information content (AvgIpc) is 2.63. The van der Waals surface area contributed by atoms with Crippen LogP contribution < -0.4 is 15.8 Å². The van der Waals surface area contributed by atoms with Gasteiger partial charge in [0.15, 0.2) is 0 Å². The molecule has 3 aliphatic rings. The Kier molecular flexibility index (Phi) is 3.38. The first kappa shape index (κ1) is 15.5. The Morgan fingerprint density at radius 1 is 1.15 bits per heavy atom. The van der Waals surface area contributed by atoms with Gasteiger partial charge in [-0.05, 0) is 31.7 Å². The summed E-state index contributed by atoms with van der Waals surface area (Å²) >= 11 is 0. The third-order valence-electron chi connectivity index (χ3n) is 5.75. The van der Waals surface area contributed by atoms with Gasteiger partial charge >= 0.3 is 0 Å². The third-order valence-corrected chi connectivity index (χ3v) is 5.75. The molecule has 2 aromatic rings. The van der Waals surface area contributed by atoms with Crippen LogP contribution in [0.5, 0.6) is 0 Å². The third kappa shape index (κ3) is 2.34. The first-order chi connectivity index (χ1) is 12.6. The lowest BCUT2D eigenvalue weighted by molar-refractivity contribution is 0.0940. The number of carbonyl (C=O) groups is 1. The summed E-state index contributed by atoms with van der Waals surface area (Å²) < 4.78 is 1.93. The maximum atomic E-state index is 12.2. The van der Waals surface area contributed by atoms with Crippen LogP contribution in [0.25, 0.3) is 0 Å². The number of hydrogen-bond acceptors (Lipinski definition) is 5. The zero-order chi connectivity index (χ0) is 17.8. The molecule has 5 heterocycles. The van der Waals surface area contributed by atoms with Crippen LogP contribution in [0.1, 0.15) is 39.9 Å². The van der Waals surface area contributed by atoms with Crippen LogP contribution in [0.4, 0.5) is 5.82 Å². The number of aryl methyl sites for hydroxylation is 1. The lowest BCUT2D eigenvalue weighted by atomic mass is 9.83. The highest BCUT2D eigenvalue weighted by atomic mass is 16.2. The van der Waals surface area contributed by atoms with Crippen molar-refractivity contribution < 1.29 is 4.79 Å². The Hall–Kier alpha value is -2.70. The lowest BCUT2D eigenvalue weighted by Gasteiger charge is -2.44. The number of carbonyl (C=O) groups excluding carboxylic acids is 1. The molecule has 2 aromatic heterocycles. The van der Waals surface area contributed by atoms with Gasteiger partial charge in [0, 0.05) is 49.4 Å². The largest absolute Gasteiger partial charge is 0.355 e. The van der Waals surface area contributed by atoms with Crippen LogP contribution in [0.3, 0.4) is 0 Å². The molecule has 2 atom stereocenters. The van der Waals surface area contributed by atoms with E-state index in [1.165, 1.54) is 0 Å². The minimum atomic E-state index is -0.105. The van der Waals surface area contributed by atoms with Crippen molar-refractivity contribution in [2.75, 3.05) is 24.5 Å². The van der Waals surface area contributed by atoms with Crippen LogP contribution in [0, 0.1) is 12.8 Å². The van der Waals surface area contributed by atoms with E-state index in [1.807, 2.05) is 17.6 Å². The Labute approximate surface area is 151 Å². The molecule has 0 spiro atoms. The first-order valence-corrected chi connectivity index (χ1v) is 9.20. The highest BCUT2D eigenvalue weighted by molar-refractivity contribution is 5.96. The second-order valence-electron chi connectivity index (χ2n) is 7.53. The molecule has 0 aromatic carbocycles. The van der Waals surface area contributed by atoms with E-state index in [0.717, 1.165) is 49.6 Å². The molecule has 26 heavy (non-hydrogen) atoms. The quantitative estimate of drug-likeness (QED) is 0.824. The normalized spacial score (nSPS) is 23.9. The summed E-state index contributed by atoms with van der Waals surface area (Å²) in [5, 5.41) is 2.87. The van der Waals surface area contributed by atoms with E-state index in [4.69, 9.17) is 4.98 Å². The Bertz CT molecular complexity index is 967. The van der Waals surface area contributed by atoms with Gasteiger partial charge in [-0.3, -0.25) is 9.59 Å². The Morgan fingerprint density at radius 3 is 2.92 bits per heavy atom. The van der Waals surface area contributed by atoms with Crippen LogP contribution in [-0.2, 0) is 13.0 Å². The SMILES string of the molecule is Cc1nc2c(c(N3C[C@@H]4C[C@H](C3)c3cccc(=O)n3C4)n1)CCNC2=O. The second kappa shape index (κ2) is 5.65. The van der Waals surface area contributed by atoms with Crippen molar-refractivity contribution in [3.8, 4) is 0 Å². The zero-order valence-corrected chi connectivity index (χ0v) is 14.7. The number of nitrogens with one attached hydrogen (secondary N) is 1. The van der Waals surface area contributed by atoms with E-state index in [9.17, 15) is 9.59 Å². The van der Waals surface area contributed by atoms with Crippen molar-refractivity contribution in [3.05, 3.63) is 51.3 Å². The van der Waals surface area contributed by atoms with E-state index in [1.54, 1.807) is 6.07 Å². The fourth-order valence-electron chi connectivity index (χ4n) is 4.71. The van der Waals surface area contributed by atoms with Crippen molar-refractivity contribution in [1.82, 2.24) is 19.9 Å². The molecule has 1 N–H and O–H groups in total. The summed E-state index contributed by atoms with van der Waals surface area (Å²) in [6.45, 7) is 4.91. The molecule has 1 fully saturated rings. The number of hydrogen-bond donors (Lipinski definition) is 1.